The zero-order valence-electron chi connectivity index (χ0n) is 12.9. The summed E-state index contributed by atoms with van der Waals surface area (Å²) >= 11 is 0. The third-order valence-electron chi connectivity index (χ3n) is 4.07. The Labute approximate surface area is 126 Å². The van der Waals surface area contributed by atoms with E-state index in [-0.39, 0.29) is 11.9 Å². The van der Waals surface area contributed by atoms with Crippen molar-refractivity contribution >= 4 is 0 Å². The van der Waals surface area contributed by atoms with Gasteiger partial charge in [0.15, 0.2) is 0 Å². The van der Waals surface area contributed by atoms with Gasteiger partial charge in [-0.15, -0.1) is 0 Å². The maximum absolute atomic E-state index is 13.4. The van der Waals surface area contributed by atoms with Crippen molar-refractivity contribution < 1.29 is 4.39 Å². The average molecular weight is 286 g/mol. The standard InChI is InChI=1S/C18H23FN2/c1-12-4-6-15(8-14(12)3)9-18(21-20)11-16-10-17(19)7-5-13(16)2/h4-8,10,18,21H,9,11,20H2,1-3H3. The van der Waals surface area contributed by atoms with Crippen molar-refractivity contribution in [3.05, 3.63) is 70.0 Å². The van der Waals surface area contributed by atoms with Crippen LogP contribution in [0, 0.1) is 26.6 Å². The Morgan fingerprint density at radius 1 is 0.952 bits per heavy atom. The molecule has 0 aliphatic rings. The summed E-state index contributed by atoms with van der Waals surface area (Å²) in [6, 6.07) is 11.4. The van der Waals surface area contributed by atoms with Gasteiger partial charge in [0.25, 0.3) is 0 Å². The minimum absolute atomic E-state index is 0.0904. The van der Waals surface area contributed by atoms with Crippen LogP contribution < -0.4 is 11.3 Å². The van der Waals surface area contributed by atoms with Crippen molar-refractivity contribution in [3.63, 3.8) is 0 Å². The fraction of sp³-hybridized carbons (Fsp3) is 0.333. The normalized spacial score (nSPS) is 12.4. The molecule has 1 unspecified atom stereocenters. The van der Waals surface area contributed by atoms with Crippen molar-refractivity contribution in [2.75, 3.05) is 0 Å². The lowest BCUT2D eigenvalue weighted by atomic mass is 9.95. The molecule has 0 radical (unpaired) electrons. The lowest BCUT2D eigenvalue weighted by Gasteiger charge is -2.18. The monoisotopic (exact) mass is 286 g/mol. The molecule has 0 saturated carbocycles. The summed E-state index contributed by atoms with van der Waals surface area (Å²) in [7, 11) is 0. The van der Waals surface area contributed by atoms with Gasteiger partial charge >= 0.3 is 0 Å². The van der Waals surface area contributed by atoms with Crippen molar-refractivity contribution in [1.29, 1.82) is 0 Å². The van der Waals surface area contributed by atoms with E-state index in [0.717, 1.165) is 17.5 Å². The van der Waals surface area contributed by atoms with Crippen LogP contribution in [-0.2, 0) is 12.8 Å². The van der Waals surface area contributed by atoms with Crippen LogP contribution in [0.15, 0.2) is 36.4 Å². The third-order valence-corrected chi connectivity index (χ3v) is 4.07. The van der Waals surface area contributed by atoms with Gasteiger partial charge in [-0.3, -0.25) is 11.3 Å². The van der Waals surface area contributed by atoms with Crippen LogP contribution in [-0.4, -0.2) is 6.04 Å². The summed E-state index contributed by atoms with van der Waals surface area (Å²) in [5.74, 6) is 5.48. The Morgan fingerprint density at radius 3 is 2.33 bits per heavy atom. The van der Waals surface area contributed by atoms with Gasteiger partial charge in [-0.2, -0.15) is 0 Å². The van der Waals surface area contributed by atoms with Crippen molar-refractivity contribution in [2.24, 2.45) is 5.84 Å². The predicted molar refractivity (Wildman–Crippen MR) is 85.6 cm³/mol. The maximum atomic E-state index is 13.4. The number of hydrogen-bond donors (Lipinski definition) is 2. The molecule has 21 heavy (non-hydrogen) atoms. The molecule has 0 aliphatic heterocycles. The van der Waals surface area contributed by atoms with Gasteiger partial charge in [0.1, 0.15) is 5.82 Å². The first-order valence-electron chi connectivity index (χ1n) is 7.27. The SMILES string of the molecule is Cc1ccc(CC(Cc2cc(F)ccc2C)NN)cc1C. The lowest BCUT2D eigenvalue weighted by Crippen LogP contribution is -2.38. The predicted octanol–water partition coefficient (Wildman–Crippen LogP) is 3.37. The second-order valence-electron chi connectivity index (χ2n) is 5.76. The molecule has 2 aromatic rings. The van der Waals surface area contributed by atoms with Crippen LogP contribution >= 0.6 is 0 Å². The summed E-state index contributed by atoms with van der Waals surface area (Å²) in [6.07, 6.45) is 1.54. The van der Waals surface area contributed by atoms with Crippen molar-refractivity contribution in [2.45, 2.75) is 39.7 Å². The summed E-state index contributed by atoms with van der Waals surface area (Å²) in [4.78, 5) is 0. The lowest BCUT2D eigenvalue weighted by molar-refractivity contribution is 0.519. The molecule has 2 aromatic carbocycles. The molecule has 2 nitrogen and oxygen atoms in total. The summed E-state index contributed by atoms with van der Waals surface area (Å²) < 4.78 is 13.4. The number of aryl methyl sites for hydroxylation is 3. The highest BCUT2D eigenvalue weighted by Gasteiger charge is 2.11. The molecular weight excluding hydrogens is 263 g/mol. The van der Waals surface area contributed by atoms with Crippen LogP contribution in [0.1, 0.15) is 27.8 Å². The molecule has 0 saturated heterocycles. The quantitative estimate of drug-likeness (QED) is 0.653. The van der Waals surface area contributed by atoms with Crippen LogP contribution in [0.3, 0.4) is 0 Å². The summed E-state index contributed by atoms with van der Waals surface area (Å²) in [6.45, 7) is 6.21. The van der Waals surface area contributed by atoms with E-state index in [1.54, 1.807) is 6.07 Å². The molecule has 3 N–H and O–H groups in total. The van der Waals surface area contributed by atoms with Gasteiger partial charge in [-0.05, 0) is 73.6 Å². The Morgan fingerprint density at radius 2 is 1.67 bits per heavy atom. The molecule has 3 heteroatoms. The Bertz CT molecular complexity index is 623. The first-order valence-corrected chi connectivity index (χ1v) is 7.27. The highest BCUT2D eigenvalue weighted by Crippen LogP contribution is 2.16. The van der Waals surface area contributed by atoms with Crippen LogP contribution in [0.5, 0.6) is 0 Å². The van der Waals surface area contributed by atoms with Gasteiger partial charge in [0.2, 0.25) is 0 Å². The minimum atomic E-state index is -0.197. The van der Waals surface area contributed by atoms with Crippen LogP contribution in [0.25, 0.3) is 0 Å². The number of hydrogen-bond acceptors (Lipinski definition) is 2. The highest BCUT2D eigenvalue weighted by molar-refractivity contribution is 5.31. The molecule has 2 rings (SSSR count). The zero-order valence-corrected chi connectivity index (χ0v) is 12.9. The number of nitrogens with one attached hydrogen (secondary N) is 1. The van der Waals surface area contributed by atoms with E-state index in [4.69, 9.17) is 5.84 Å². The van der Waals surface area contributed by atoms with E-state index in [9.17, 15) is 4.39 Å². The molecule has 0 aliphatic carbocycles. The maximum Gasteiger partial charge on any atom is 0.123 e. The number of hydrazine groups is 1. The van der Waals surface area contributed by atoms with E-state index in [1.807, 2.05) is 13.0 Å². The Hall–Kier alpha value is -1.71. The minimum Gasteiger partial charge on any atom is -0.271 e. The smallest absolute Gasteiger partial charge is 0.123 e. The van der Waals surface area contributed by atoms with Crippen molar-refractivity contribution in [1.82, 2.24) is 5.43 Å². The summed E-state index contributed by atoms with van der Waals surface area (Å²) in [5, 5.41) is 0. The summed E-state index contributed by atoms with van der Waals surface area (Å²) in [5.41, 5.74) is 8.77. The average Bonchev–Trinajstić information content (AvgIpc) is 2.46. The molecule has 0 heterocycles. The van der Waals surface area contributed by atoms with E-state index < -0.39 is 0 Å². The first kappa shape index (κ1) is 15.7. The van der Waals surface area contributed by atoms with E-state index in [0.29, 0.717) is 6.42 Å². The van der Waals surface area contributed by atoms with Gasteiger partial charge in [0, 0.05) is 6.04 Å². The second-order valence-corrected chi connectivity index (χ2v) is 5.76. The van der Waals surface area contributed by atoms with Crippen LogP contribution in [0.2, 0.25) is 0 Å². The molecular formula is C18H23FN2. The number of halogens is 1. The molecule has 0 amide bonds. The Balaban J connectivity index is 2.12. The van der Waals surface area contributed by atoms with Crippen molar-refractivity contribution in [3.8, 4) is 0 Å². The molecule has 1 atom stereocenters. The zero-order chi connectivity index (χ0) is 15.4. The first-order chi connectivity index (χ1) is 9.99. The molecule has 0 fully saturated rings. The molecule has 112 valence electrons. The van der Waals surface area contributed by atoms with Gasteiger partial charge < -0.3 is 0 Å². The molecule has 0 bridgehead atoms. The topological polar surface area (TPSA) is 38.0 Å². The van der Waals surface area contributed by atoms with E-state index in [2.05, 4.69) is 37.5 Å². The number of rotatable bonds is 5. The number of benzene rings is 2. The highest BCUT2D eigenvalue weighted by atomic mass is 19.1. The fourth-order valence-electron chi connectivity index (χ4n) is 2.53. The van der Waals surface area contributed by atoms with Gasteiger partial charge in [-0.25, -0.2) is 4.39 Å². The molecule has 0 spiro atoms. The largest absolute Gasteiger partial charge is 0.271 e. The van der Waals surface area contributed by atoms with Gasteiger partial charge in [0.05, 0.1) is 0 Å². The van der Waals surface area contributed by atoms with E-state index in [1.165, 1.54) is 22.8 Å². The molecule has 0 aromatic heterocycles. The Kier molecular flexibility index (Phi) is 5.10. The third kappa shape index (κ3) is 4.13. The van der Waals surface area contributed by atoms with E-state index >= 15 is 0 Å². The van der Waals surface area contributed by atoms with Crippen LogP contribution in [0.4, 0.5) is 4.39 Å². The van der Waals surface area contributed by atoms with Gasteiger partial charge in [-0.1, -0.05) is 24.3 Å². The fourth-order valence-corrected chi connectivity index (χ4v) is 2.53. The number of nitrogens with two attached hydrogens (primary N) is 1. The second kappa shape index (κ2) is 6.83.